The largest absolute Gasteiger partial charge is 0.497 e. The van der Waals surface area contributed by atoms with Crippen molar-refractivity contribution in [2.24, 2.45) is 0 Å². The van der Waals surface area contributed by atoms with Crippen molar-refractivity contribution in [3.63, 3.8) is 0 Å². The van der Waals surface area contributed by atoms with Crippen LogP contribution in [-0.2, 0) is 16.1 Å². The highest BCUT2D eigenvalue weighted by atomic mass is 16.5. The summed E-state index contributed by atoms with van der Waals surface area (Å²) in [6, 6.07) is 7.94. The van der Waals surface area contributed by atoms with Gasteiger partial charge in [0.05, 0.1) is 12.7 Å². The minimum Gasteiger partial charge on any atom is -0.497 e. The van der Waals surface area contributed by atoms with Crippen LogP contribution in [-0.4, -0.2) is 48.4 Å². The van der Waals surface area contributed by atoms with E-state index in [2.05, 4.69) is 11.0 Å². The van der Waals surface area contributed by atoms with Crippen molar-refractivity contribution in [3.8, 4) is 5.75 Å². The predicted octanol–water partition coefficient (Wildman–Crippen LogP) is 1.37. The number of ether oxygens (including phenoxy) is 2. The van der Waals surface area contributed by atoms with E-state index in [9.17, 15) is 4.79 Å². The van der Waals surface area contributed by atoms with E-state index in [0.29, 0.717) is 0 Å². The van der Waals surface area contributed by atoms with Crippen LogP contribution in [0.5, 0.6) is 5.75 Å². The summed E-state index contributed by atoms with van der Waals surface area (Å²) in [5, 5.41) is 8.60. The molecule has 1 heterocycles. The van der Waals surface area contributed by atoms with Gasteiger partial charge < -0.3 is 14.6 Å². The highest BCUT2D eigenvalue weighted by Crippen LogP contribution is 2.26. The van der Waals surface area contributed by atoms with Gasteiger partial charge >= 0.3 is 5.97 Å². The summed E-state index contributed by atoms with van der Waals surface area (Å²) >= 11 is 0. The van der Waals surface area contributed by atoms with Crippen molar-refractivity contribution in [2.75, 3.05) is 26.8 Å². The second-order valence-electron chi connectivity index (χ2n) is 5.13. The van der Waals surface area contributed by atoms with Gasteiger partial charge in [-0.05, 0) is 24.6 Å². The van der Waals surface area contributed by atoms with Gasteiger partial charge in [-0.25, -0.2) is 4.79 Å². The third kappa shape index (κ3) is 3.68. The molecule has 0 aromatic heterocycles. The van der Waals surface area contributed by atoms with E-state index < -0.39 is 5.97 Å². The molecule has 2 rings (SSSR count). The third-order valence-electron chi connectivity index (χ3n) is 3.20. The summed E-state index contributed by atoms with van der Waals surface area (Å²) < 4.78 is 10.6. The number of carboxylic acids is 1. The predicted molar refractivity (Wildman–Crippen MR) is 70.3 cm³/mol. The maximum atomic E-state index is 10.5. The average Bonchev–Trinajstić information content (AvgIpc) is 2.35. The number of nitrogens with zero attached hydrogens (tertiary/aromatic N) is 1. The summed E-state index contributed by atoms with van der Waals surface area (Å²) in [4.78, 5) is 12.7. The molecule has 5 nitrogen and oxygen atoms in total. The topological polar surface area (TPSA) is 59.0 Å². The number of aliphatic carboxylic acids is 1. The Bertz CT molecular complexity index is 455. The Morgan fingerprint density at radius 3 is 2.84 bits per heavy atom. The lowest BCUT2D eigenvalue weighted by Gasteiger charge is -2.47. The van der Waals surface area contributed by atoms with Crippen molar-refractivity contribution in [3.05, 3.63) is 29.8 Å². The minimum atomic E-state index is -0.924. The number of benzene rings is 1. The number of hydrogen-bond donors (Lipinski definition) is 1. The standard InChI is InChI=1S/C14H19NO4/c1-14(19-8-13(16)17)9-15(10-14)7-11-4-3-5-12(6-11)18-2/h3-6H,7-10H2,1-2H3,(H,16,17). The van der Waals surface area contributed by atoms with E-state index >= 15 is 0 Å². The molecule has 1 aromatic carbocycles. The summed E-state index contributed by atoms with van der Waals surface area (Å²) in [6.07, 6.45) is 0. The number of carboxylic acid groups (broad SMARTS) is 1. The second-order valence-corrected chi connectivity index (χ2v) is 5.13. The Morgan fingerprint density at radius 2 is 2.21 bits per heavy atom. The molecule has 1 aliphatic rings. The van der Waals surface area contributed by atoms with Crippen LogP contribution in [0.1, 0.15) is 12.5 Å². The van der Waals surface area contributed by atoms with Gasteiger partial charge in [0.2, 0.25) is 0 Å². The monoisotopic (exact) mass is 265 g/mol. The Hall–Kier alpha value is -1.59. The van der Waals surface area contributed by atoms with Gasteiger partial charge in [0, 0.05) is 19.6 Å². The summed E-state index contributed by atoms with van der Waals surface area (Å²) in [7, 11) is 1.65. The maximum absolute atomic E-state index is 10.5. The molecule has 0 radical (unpaired) electrons. The molecule has 1 saturated heterocycles. The van der Waals surface area contributed by atoms with Gasteiger partial charge in [0.15, 0.2) is 0 Å². The lowest BCUT2D eigenvalue weighted by atomic mass is 9.95. The van der Waals surface area contributed by atoms with Gasteiger partial charge in [-0.2, -0.15) is 0 Å². The van der Waals surface area contributed by atoms with E-state index in [0.717, 1.165) is 25.4 Å². The fourth-order valence-electron chi connectivity index (χ4n) is 2.37. The minimum absolute atomic E-state index is 0.233. The molecule has 1 aliphatic heterocycles. The van der Waals surface area contributed by atoms with Crippen molar-refractivity contribution in [1.82, 2.24) is 4.90 Å². The van der Waals surface area contributed by atoms with Crippen LogP contribution in [0.2, 0.25) is 0 Å². The van der Waals surface area contributed by atoms with E-state index in [1.165, 1.54) is 5.56 Å². The molecular formula is C14H19NO4. The van der Waals surface area contributed by atoms with Crippen molar-refractivity contribution in [1.29, 1.82) is 0 Å². The van der Waals surface area contributed by atoms with Gasteiger partial charge in [-0.3, -0.25) is 4.90 Å². The zero-order valence-electron chi connectivity index (χ0n) is 11.3. The summed E-state index contributed by atoms with van der Waals surface area (Å²) in [6.45, 7) is 4.03. The Labute approximate surface area is 112 Å². The Kier molecular flexibility index (Phi) is 4.07. The number of methoxy groups -OCH3 is 1. The molecule has 1 aromatic rings. The lowest BCUT2D eigenvalue weighted by molar-refractivity contribution is -0.165. The normalized spacial score (nSPS) is 17.8. The summed E-state index contributed by atoms with van der Waals surface area (Å²) in [5.74, 6) is -0.0737. The molecule has 0 saturated carbocycles. The molecule has 0 unspecified atom stereocenters. The van der Waals surface area contributed by atoms with Gasteiger partial charge in [-0.15, -0.1) is 0 Å². The molecule has 5 heteroatoms. The van der Waals surface area contributed by atoms with Crippen molar-refractivity contribution < 1.29 is 19.4 Å². The highest BCUT2D eigenvalue weighted by Gasteiger charge is 2.39. The van der Waals surface area contributed by atoms with E-state index in [4.69, 9.17) is 14.6 Å². The average molecular weight is 265 g/mol. The van der Waals surface area contributed by atoms with Crippen LogP contribution in [0, 0.1) is 0 Å². The van der Waals surface area contributed by atoms with E-state index in [1.54, 1.807) is 7.11 Å². The molecule has 1 N–H and O–H groups in total. The Morgan fingerprint density at radius 1 is 1.47 bits per heavy atom. The van der Waals surface area contributed by atoms with E-state index in [-0.39, 0.29) is 12.2 Å². The van der Waals surface area contributed by atoms with Crippen LogP contribution < -0.4 is 4.74 Å². The van der Waals surface area contributed by atoms with Crippen LogP contribution >= 0.6 is 0 Å². The maximum Gasteiger partial charge on any atom is 0.329 e. The molecule has 0 bridgehead atoms. The van der Waals surface area contributed by atoms with Crippen LogP contribution in [0.15, 0.2) is 24.3 Å². The van der Waals surface area contributed by atoms with Crippen LogP contribution in [0.4, 0.5) is 0 Å². The molecule has 1 fully saturated rings. The lowest BCUT2D eigenvalue weighted by Crippen LogP contribution is -2.61. The zero-order chi connectivity index (χ0) is 13.9. The number of likely N-dealkylation sites (tertiary alicyclic amines) is 1. The first-order valence-electron chi connectivity index (χ1n) is 6.22. The first-order chi connectivity index (χ1) is 9.00. The molecule has 0 spiro atoms. The first-order valence-corrected chi connectivity index (χ1v) is 6.22. The van der Waals surface area contributed by atoms with Crippen molar-refractivity contribution >= 4 is 5.97 Å². The van der Waals surface area contributed by atoms with Gasteiger partial charge in [0.25, 0.3) is 0 Å². The quantitative estimate of drug-likeness (QED) is 0.842. The first kappa shape index (κ1) is 13.8. The summed E-state index contributed by atoms with van der Waals surface area (Å²) in [5.41, 5.74) is 0.844. The smallest absolute Gasteiger partial charge is 0.329 e. The van der Waals surface area contributed by atoms with E-state index in [1.807, 2.05) is 25.1 Å². The van der Waals surface area contributed by atoms with Crippen molar-refractivity contribution in [2.45, 2.75) is 19.1 Å². The number of hydrogen-bond acceptors (Lipinski definition) is 4. The second kappa shape index (κ2) is 5.59. The molecule has 0 aliphatic carbocycles. The molecular weight excluding hydrogens is 246 g/mol. The Balaban J connectivity index is 1.82. The third-order valence-corrected chi connectivity index (χ3v) is 3.20. The molecule has 0 amide bonds. The fraction of sp³-hybridized carbons (Fsp3) is 0.500. The van der Waals surface area contributed by atoms with Gasteiger partial charge in [-0.1, -0.05) is 12.1 Å². The van der Waals surface area contributed by atoms with Gasteiger partial charge in [0.1, 0.15) is 12.4 Å². The SMILES string of the molecule is COc1cccc(CN2CC(C)(OCC(=O)O)C2)c1. The fourth-order valence-corrected chi connectivity index (χ4v) is 2.37. The molecule has 104 valence electrons. The molecule has 0 atom stereocenters. The zero-order valence-corrected chi connectivity index (χ0v) is 11.3. The number of rotatable bonds is 6. The highest BCUT2D eigenvalue weighted by molar-refractivity contribution is 5.68. The van der Waals surface area contributed by atoms with Crippen LogP contribution in [0.3, 0.4) is 0 Å². The number of carbonyl (C=O) groups is 1. The molecule has 19 heavy (non-hydrogen) atoms. The van der Waals surface area contributed by atoms with Crippen LogP contribution in [0.25, 0.3) is 0 Å².